The number of nitrogens with zero attached hydrogens (tertiary/aromatic N) is 1. The van der Waals surface area contributed by atoms with E-state index in [4.69, 9.17) is 16.7 Å². The molecule has 0 bridgehead atoms. The maximum Gasteiger partial charge on any atom is 0.323 e. The molecule has 0 aromatic heterocycles. The molecular formula is C12H12BrClN2O3. The molecule has 1 rings (SSSR count). The number of rotatable bonds is 5. The zero-order valence-electron chi connectivity index (χ0n) is 9.90. The summed E-state index contributed by atoms with van der Waals surface area (Å²) in [6.45, 7) is 3.23. The number of nitrogens with one attached hydrogen (secondary N) is 1. The second-order valence-electron chi connectivity index (χ2n) is 3.62. The van der Waals surface area contributed by atoms with E-state index in [0.717, 1.165) is 4.90 Å². The van der Waals surface area contributed by atoms with E-state index in [2.05, 4.69) is 27.8 Å². The maximum atomic E-state index is 11.9. The van der Waals surface area contributed by atoms with Gasteiger partial charge in [0.1, 0.15) is 6.54 Å². The van der Waals surface area contributed by atoms with Crippen molar-refractivity contribution in [3.63, 3.8) is 0 Å². The molecule has 0 aliphatic rings. The summed E-state index contributed by atoms with van der Waals surface area (Å²) in [4.78, 5) is 23.7. The lowest BCUT2D eigenvalue weighted by molar-refractivity contribution is -0.137. The second-order valence-corrected chi connectivity index (χ2v) is 4.88. The first kappa shape index (κ1) is 15.5. The Morgan fingerprint density at radius 2 is 2.21 bits per heavy atom. The number of carboxylic acids is 1. The average Bonchev–Trinajstić information content (AvgIpc) is 2.33. The third-order valence-electron chi connectivity index (χ3n) is 2.13. The van der Waals surface area contributed by atoms with Gasteiger partial charge in [-0.05, 0) is 34.1 Å². The highest BCUT2D eigenvalue weighted by Crippen LogP contribution is 2.25. The standard InChI is InChI=1S/C12H12BrClN2O3/c1-2-5-16(7-11(17)18)12(19)15-8-3-4-10(14)9(13)6-8/h2-4,6H,1,5,7H2,(H,15,19)(H,17,18). The highest BCUT2D eigenvalue weighted by Gasteiger charge is 2.15. The molecule has 1 aromatic rings. The zero-order valence-corrected chi connectivity index (χ0v) is 12.2. The van der Waals surface area contributed by atoms with Gasteiger partial charge in [0.25, 0.3) is 0 Å². The summed E-state index contributed by atoms with van der Waals surface area (Å²) >= 11 is 9.07. The molecule has 0 fully saturated rings. The van der Waals surface area contributed by atoms with Crippen LogP contribution in [-0.2, 0) is 4.79 Å². The van der Waals surface area contributed by atoms with E-state index >= 15 is 0 Å². The third kappa shape index (κ3) is 4.92. The van der Waals surface area contributed by atoms with Gasteiger partial charge in [-0.1, -0.05) is 17.7 Å². The molecule has 0 aliphatic heterocycles. The first-order valence-electron chi connectivity index (χ1n) is 5.27. The lowest BCUT2D eigenvalue weighted by Crippen LogP contribution is -2.38. The molecule has 1 aromatic carbocycles. The SMILES string of the molecule is C=CCN(CC(=O)O)C(=O)Nc1ccc(Cl)c(Br)c1. The first-order chi connectivity index (χ1) is 8.93. The topological polar surface area (TPSA) is 69.6 Å². The summed E-state index contributed by atoms with van der Waals surface area (Å²) in [6, 6.07) is 4.36. The van der Waals surface area contributed by atoms with Gasteiger partial charge in [-0.15, -0.1) is 6.58 Å². The summed E-state index contributed by atoms with van der Waals surface area (Å²) in [5.41, 5.74) is 0.515. The van der Waals surface area contributed by atoms with Crippen LogP contribution in [0.4, 0.5) is 10.5 Å². The van der Waals surface area contributed by atoms with Gasteiger partial charge in [-0.2, -0.15) is 0 Å². The monoisotopic (exact) mass is 346 g/mol. The largest absolute Gasteiger partial charge is 0.480 e. The molecule has 0 heterocycles. The molecule has 102 valence electrons. The van der Waals surface area contributed by atoms with Crippen molar-refractivity contribution in [3.05, 3.63) is 40.3 Å². The van der Waals surface area contributed by atoms with Crippen LogP contribution in [0.15, 0.2) is 35.3 Å². The molecule has 7 heteroatoms. The number of hydrogen-bond acceptors (Lipinski definition) is 2. The summed E-state index contributed by atoms with van der Waals surface area (Å²) in [7, 11) is 0. The highest BCUT2D eigenvalue weighted by atomic mass is 79.9. The van der Waals surface area contributed by atoms with Crippen LogP contribution in [0.1, 0.15) is 0 Å². The number of hydrogen-bond donors (Lipinski definition) is 2. The fourth-order valence-electron chi connectivity index (χ4n) is 1.31. The van der Waals surface area contributed by atoms with Gasteiger partial charge in [0.05, 0.1) is 5.02 Å². The molecule has 0 atom stereocenters. The van der Waals surface area contributed by atoms with Crippen LogP contribution >= 0.6 is 27.5 Å². The molecule has 5 nitrogen and oxygen atoms in total. The average molecular weight is 348 g/mol. The Hall–Kier alpha value is -1.53. The Balaban J connectivity index is 2.77. The molecule has 2 N–H and O–H groups in total. The molecule has 0 saturated carbocycles. The predicted molar refractivity (Wildman–Crippen MR) is 77.6 cm³/mol. The number of urea groups is 1. The van der Waals surface area contributed by atoms with Crippen molar-refractivity contribution in [2.24, 2.45) is 0 Å². The fraction of sp³-hybridized carbons (Fsp3) is 0.167. The number of carbonyl (C=O) groups excluding carboxylic acids is 1. The molecule has 0 unspecified atom stereocenters. The number of halogens is 2. The summed E-state index contributed by atoms with van der Waals surface area (Å²) < 4.78 is 0.639. The van der Waals surface area contributed by atoms with E-state index < -0.39 is 18.5 Å². The minimum absolute atomic E-state index is 0.146. The predicted octanol–water partition coefficient (Wildman–Crippen LogP) is 3.21. The minimum atomic E-state index is -1.09. The van der Waals surface area contributed by atoms with Crippen LogP contribution in [-0.4, -0.2) is 35.1 Å². The number of aliphatic carboxylic acids is 1. The molecule has 2 amide bonds. The summed E-state index contributed by atoms with van der Waals surface area (Å²) in [6.07, 6.45) is 1.46. The van der Waals surface area contributed by atoms with E-state index in [0.29, 0.717) is 15.2 Å². The molecule has 0 saturated heterocycles. The molecule has 0 spiro atoms. The van der Waals surface area contributed by atoms with Gasteiger partial charge in [-0.3, -0.25) is 4.79 Å². The lowest BCUT2D eigenvalue weighted by Gasteiger charge is -2.19. The Morgan fingerprint density at radius 3 is 2.74 bits per heavy atom. The highest BCUT2D eigenvalue weighted by molar-refractivity contribution is 9.10. The Bertz CT molecular complexity index is 508. The van der Waals surface area contributed by atoms with Gasteiger partial charge in [0.15, 0.2) is 0 Å². The van der Waals surface area contributed by atoms with Crippen LogP contribution in [0.5, 0.6) is 0 Å². The number of anilines is 1. The van der Waals surface area contributed by atoms with E-state index in [9.17, 15) is 9.59 Å². The third-order valence-corrected chi connectivity index (χ3v) is 3.35. The number of benzene rings is 1. The quantitative estimate of drug-likeness (QED) is 0.804. The van der Waals surface area contributed by atoms with E-state index in [1.165, 1.54) is 6.08 Å². The van der Waals surface area contributed by atoms with Crippen LogP contribution in [0, 0.1) is 0 Å². The Kier molecular flexibility index (Phi) is 5.85. The number of carbonyl (C=O) groups is 2. The number of amides is 2. The van der Waals surface area contributed by atoms with Crippen molar-refractivity contribution < 1.29 is 14.7 Å². The Labute approximate surface area is 124 Å². The summed E-state index contributed by atoms with van der Waals surface area (Å²) in [5, 5.41) is 11.8. The van der Waals surface area contributed by atoms with E-state index in [1.54, 1.807) is 18.2 Å². The van der Waals surface area contributed by atoms with Crippen LogP contribution in [0.2, 0.25) is 5.02 Å². The van der Waals surface area contributed by atoms with Gasteiger partial charge in [-0.25, -0.2) is 4.79 Å². The van der Waals surface area contributed by atoms with Crippen molar-refractivity contribution in [1.29, 1.82) is 0 Å². The smallest absolute Gasteiger partial charge is 0.323 e. The van der Waals surface area contributed by atoms with Crippen LogP contribution in [0.3, 0.4) is 0 Å². The van der Waals surface area contributed by atoms with Crippen molar-refractivity contribution in [3.8, 4) is 0 Å². The van der Waals surface area contributed by atoms with Gasteiger partial charge < -0.3 is 15.3 Å². The van der Waals surface area contributed by atoms with E-state index in [-0.39, 0.29) is 6.54 Å². The maximum absolute atomic E-state index is 11.9. The summed E-state index contributed by atoms with van der Waals surface area (Å²) in [5.74, 6) is -1.09. The molecular weight excluding hydrogens is 336 g/mol. The lowest BCUT2D eigenvalue weighted by atomic mass is 10.3. The normalized spacial score (nSPS) is 9.79. The van der Waals surface area contributed by atoms with Crippen molar-refractivity contribution >= 4 is 45.2 Å². The van der Waals surface area contributed by atoms with Gasteiger partial charge in [0, 0.05) is 16.7 Å². The Morgan fingerprint density at radius 1 is 1.53 bits per heavy atom. The van der Waals surface area contributed by atoms with Crippen LogP contribution < -0.4 is 5.32 Å². The first-order valence-corrected chi connectivity index (χ1v) is 6.44. The van der Waals surface area contributed by atoms with E-state index in [1.807, 2.05) is 0 Å². The molecule has 19 heavy (non-hydrogen) atoms. The van der Waals surface area contributed by atoms with Gasteiger partial charge in [0.2, 0.25) is 0 Å². The van der Waals surface area contributed by atoms with Crippen molar-refractivity contribution in [1.82, 2.24) is 4.90 Å². The second kappa shape index (κ2) is 7.16. The van der Waals surface area contributed by atoms with Gasteiger partial charge >= 0.3 is 12.0 Å². The number of carboxylic acid groups (broad SMARTS) is 1. The fourth-order valence-corrected chi connectivity index (χ4v) is 1.81. The molecule has 0 aliphatic carbocycles. The van der Waals surface area contributed by atoms with Crippen molar-refractivity contribution in [2.45, 2.75) is 0 Å². The molecule has 0 radical (unpaired) electrons. The minimum Gasteiger partial charge on any atom is -0.480 e. The zero-order chi connectivity index (χ0) is 14.4. The van der Waals surface area contributed by atoms with Crippen molar-refractivity contribution in [2.75, 3.05) is 18.4 Å². The van der Waals surface area contributed by atoms with Crippen LogP contribution in [0.25, 0.3) is 0 Å².